The van der Waals surface area contributed by atoms with Gasteiger partial charge in [0.25, 0.3) is 0 Å². The second-order valence-electron chi connectivity index (χ2n) is 6.26. The van der Waals surface area contributed by atoms with E-state index in [0.29, 0.717) is 32.2 Å². The van der Waals surface area contributed by atoms with Crippen molar-refractivity contribution < 1.29 is 13.9 Å². The van der Waals surface area contributed by atoms with Gasteiger partial charge in [-0.2, -0.15) is 4.98 Å². The molecule has 0 atom stereocenters. The monoisotopic (exact) mass is 359 g/mol. The molecule has 1 saturated heterocycles. The van der Waals surface area contributed by atoms with Crippen molar-refractivity contribution >= 4 is 17.9 Å². The molecule has 2 aromatic rings. The van der Waals surface area contributed by atoms with Crippen molar-refractivity contribution in [2.24, 2.45) is 0 Å². The zero-order valence-electron chi connectivity index (χ0n) is 15.2. The number of hydrogen-bond donors (Lipinski definition) is 2. The minimum absolute atomic E-state index is 0.228. The quantitative estimate of drug-likeness (QED) is 0.819. The van der Waals surface area contributed by atoms with Crippen LogP contribution < -0.4 is 10.6 Å². The summed E-state index contributed by atoms with van der Waals surface area (Å²) in [5, 5.41) is 6.63. The molecule has 2 N–H and O–H groups in total. The summed E-state index contributed by atoms with van der Waals surface area (Å²) in [6.07, 6.45) is 3.13. The first-order valence-corrected chi connectivity index (χ1v) is 8.94. The third kappa shape index (κ3) is 4.87. The Kier molecular flexibility index (Phi) is 5.93. The molecule has 8 nitrogen and oxygen atoms in total. The molecule has 0 bridgehead atoms. The number of carbonyl (C=O) groups is 1. The van der Waals surface area contributed by atoms with Gasteiger partial charge in [-0.3, -0.25) is 0 Å². The van der Waals surface area contributed by atoms with E-state index in [9.17, 15) is 4.79 Å². The van der Waals surface area contributed by atoms with Crippen LogP contribution in [0.15, 0.2) is 28.9 Å². The van der Waals surface area contributed by atoms with Crippen molar-refractivity contribution in [3.63, 3.8) is 0 Å². The highest BCUT2D eigenvalue weighted by atomic mass is 16.6. The molecule has 0 unspecified atom stereocenters. The number of likely N-dealkylation sites (tertiary alicyclic amines) is 1. The van der Waals surface area contributed by atoms with Gasteiger partial charge < -0.3 is 24.7 Å². The first-order valence-electron chi connectivity index (χ1n) is 8.94. The molecule has 1 aliphatic heterocycles. The van der Waals surface area contributed by atoms with Gasteiger partial charge in [-0.15, -0.1) is 0 Å². The number of rotatable bonds is 6. The van der Waals surface area contributed by atoms with E-state index in [2.05, 4.69) is 20.6 Å². The van der Waals surface area contributed by atoms with E-state index >= 15 is 0 Å². The lowest BCUT2D eigenvalue weighted by Crippen LogP contribution is -2.42. The molecule has 140 valence electrons. The third-order valence-electron chi connectivity index (χ3n) is 4.23. The zero-order valence-corrected chi connectivity index (χ0v) is 15.2. The maximum atomic E-state index is 11.8. The van der Waals surface area contributed by atoms with Crippen molar-refractivity contribution in [3.05, 3.63) is 35.9 Å². The highest BCUT2D eigenvalue weighted by molar-refractivity contribution is 5.67. The second kappa shape index (κ2) is 8.55. The zero-order chi connectivity index (χ0) is 18.4. The number of ether oxygens (including phenoxy) is 1. The Morgan fingerprint density at radius 3 is 2.88 bits per heavy atom. The Bertz CT molecular complexity index is 712. The standard InChI is InChI=1S/C18H25N5O3/c1-3-25-18(24)23-8-6-14(7-9-23)21-16-11-13(2)20-17(22-16)19-12-15-5-4-10-26-15/h4-5,10-11,14H,3,6-9,12H2,1-2H3,(H2,19,20,21,22). The lowest BCUT2D eigenvalue weighted by molar-refractivity contribution is 0.0983. The molecule has 0 aliphatic carbocycles. The fourth-order valence-corrected chi connectivity index (χ4v) is 2.93. The average molecular weight is 359 g/mol. The Labute approximate surface area is 153 Å². The Morgan fingerprint density at radius 2 is 2.19 bits per heavy atom. The van der Waals surface area contributed by atoms with Crippen molar-refractivity contribution in [1.82, 2.24) is 14.9 Å². The van der Waals surface area contributed by atoms with E-state index < -0.39 is 0 Å². The highest BCUT2D eigenvalue weighted by Gasteiger charge is 2.23. The topological polar surface area (TPSA) is 92.5 Å². The predicted molar refractivity (Wildman–Crippen MR) is 98.0 cm³/mol. The molecule has 2 aromatic heterocycles. The van der Waals surface area contributed by atoms with Crippen LogP contribution in [-0.4, -0.2) is 46.7 Å². The van der Waals surface area contributed by atoms with Crippen LogP contribution in [0.1, 0.15) is 31.2 Å². The van der Waals surface area contributed by atoms with Gasteiger partial charge in [-0.1, -0.05) is 0 Å². The molecule has 8 heteroatoms. The van der Waals surface area contributed by atoms with Gasteiger partial charge in [-0.25, -0.2) is 9.78 Å². The number of aromatic nitrogens is 2. The van der Waals surface area contributed by atoms with Crippen LogP contribution >= 0.6 is 0 Å². The van der Waals surface area contributed by atoms with Crippen LogP contribution in [0.4, 0.5) is 16.6 Å². The summed E-state index contributed by atoms with van der Waals surface area (Å²) in [7, 11) is 0. The van der Waals surface area contributed by atoms with Crippen molar-refractivity contribution in [2.75, 3.05) is 30.3 Å². The van der Waals surface area contributed by atoms with Crippen LogP contribution in [0.5, 0.6) is 0 Å². The van der Waals surface area contributed by atoms with Gasteiger partial charge in [0.15, 0.2) is 0 Å². The Hall–Kier alpha value is -2.77. The fraction of sp³-hybridized carbons (Fsp3) is 0.500. The van der Waals surface area contributed by atoms with E-state index in [4.69, 9.17) is 9.15 Å². The van der Waals surface area contributed by atoms with E-state index in [1.54, 1.807) is 11.2 Å². The molecular weight excluding hydrogens is 334 g/mol. The maximum Gasteiger partial charge on any atom is 0.409 e. The summed E-state index contributed by atoms with van der Waals surface area (Å²) >= 11 is 0. The summed E-state index contributed by atoms with van der Waals surface area (Å²) in [6, 6.07) is 5.95. The number of nitrogens with one attached hydrogen (secondary N) is 2. The summed E-state index contributed by atoms with van der Waals surface area (Å²) in [5.74, 6) is 2.18. The van der Waals surface area contributed by atoms with E-state index in [1.165, 1.54) is 0 Å². The van der Waals surface area contributed by atoms with Crippen LogP contribution in [-0.2, 0) is 11.3 Å². The number of carbonyl (C=O) groups excluding carboxylic acids is 1. The summed E-state index contributed by atoms with van der Waals surface area (Å²) in [4.78, 5) is 22.5. The van der Waals surface area contributed by atoms with Gasteiger partial charge in [0, 0.05) is 30.9 Å². The molecule has 3 rings (SSSR count). The van der Waals surface area contributed by atoms with Crippen LogP contribution in [0, 0.1) is 6.92 Å². The van der Waals surface area contributed by atoms with E-state index in [0.717, 1.165) is 30.1 Å². The number of nitrogens with zero attached hydrogens (tertiary/aromatic N) is 3. The number of furan rings is 1. The van der Waals surface area contributed by atoms with Gasteiger partial charge >= 0.3 is 6.09 Å². The molecule has 0 aromatic carbocycles. The number of amides is 1. The number of hydrogen-bond acceptors (Lipinski definition) is 7. The van der Waals surface area contributed by atoms with Crippen LogP contribution in [0.25, 0.3) is 0 Å². The van der Waals surface area contributed by atoms with E-state index in [-0.39, 0.29) is 12.1 Å². The molecular formula is C18H25N5O3. The summed E-state index contributed by atoms with van der Waals surface area (Å²) in [5.41, 5.74) is 0.883. The van der Waals surface area contributed by atoms with Gasteiger partial charge in [0.2, 0.25) is 5.95 Å². The Morgan fingerprint density at radius 1 is 1.38 bits per heavy atom. The predicted octanol–water partition coefficient (Wildman–Crippen LogP) is 3.02. The average Bonchev–Trinajstić information content (AvgIpc) is 3.14. The molecule has 0 spiro atoms. The largest absolute Gasteiger partial charge is 0.467 e. The first-order chi connectivity index (χ1) is 12.6. The molecule has 3 heterocycles. The Balaban J connectivity index is 1.54. The fourth-order valence-electron chi connectivity index (χ4n) is 2.93. The van der Waals surface area contributed by atoms with E-state index in [1.807, 2.05) is 32.0 Å². The van der Waals surface area contributed by atoms with Gasteiger partial charge in [0.1, 0.15) is 11.6 Å². The smallest absolute Gasteiger partial charge is 0.409 e. The second-order valence-corrected chi connectivity index (χ2v) is 6.26. The summed E-state index contributed by atoms with van der Waals surface area (Å²) < 4.78 is 10.4. The van der Waals surface area contributed by atoms with Crippen molar-refractivity contribution in [3.8, 4) is 0 Å². The number of piperidine rings is 1. The molecule has 1 aliphatic rings. The maximum absolute atomic E-state index is 11.8. The van der Waals surface area contributed by atoms with Crippen LogP contribution in [0.3, 0.4) is 0 Å². The molecule has 0 radical (unpaired) electrons. The van der Waals surface area contributed by atoms with Crippen molar-refractivity contribution in [1.29, 1.82) is 0 Å². The number of aryl methyl sites for hydroxylation is 1. The van der Waals surface area contributed by atoms with Crippen LogP contribution in [0.2, 0.25) is 0 Å². The highest BCUT2D eigenvalue weighted by Crippen LogP contribution is 2.18. The lowest BCUT2D eigenvalue weighted by atomic mass is 10.1. The summed E-state index contributed by atoms with van der Waals surface area (Å²) in [6.45, 7) is 6.07. The molecule has 26 heavy (non-hydrogen) atoms. The minimum atomic E-state index is -0.228. The minimum Gasteiger partial charge on any atom is -0.467 e. The normalized spacial score (nSPS) is 14.9. The molecule has 0 saturated carbocycles. The van der Waals surface area contributed by atoms with Crippen molar-refractivity contribution in [2.45, 2.75) is 39.3 Å². The van der Waals surface area contributed by atoms with Gasteiger partial charge in [-0.05, 0) is 38.8 Å². The lowest BCUT2D eigenvalue weighted by Gasteiger charge is -2.31. The SMILES string of the molecule is CCOC(=O)N1CCC(Nc2cc(C)nc(NCc3ccco3)n2)CC1. The number of anilines is 2. The molecule has 1 amide bonds. The molecule has 1 fully saturated rings. The van der Waals surface area contributed by atoms with Gasteiger partial charge in [0.05, 0.1) is 19.4 Å². The third-order valence-corrected chi connectivity index (χ3v) is 4.23. The first kappa shape index (κ1) is 18.0.